The van der Waals surface area contributed by atoms with Gasteiger partial charge in [0.2, 0.25) is 0 Å². The maximum atomic E-state index is 5.30. The van der Waals surface area contributed by atoms with Gasteiger partial charge >= 0.3 is 6.97 Å². The van der Waals surface area contributed by atoms with E-state index in [9.17, 15) is 0 Å². The van der Waals surface area contributed by atoms with Crippen molar-refractivity contribution >= 4 is 33.3 Å². The van der Waals surface area contributed by atoms with Crippen LogP contribution in [0.4, 0.5) is 0 Å². The molecule has 4 heteroatoms. The van der Waals surface area contributed by atoms with Gasteiger partial charge in [0.25, 0.3) is 0 Å². The molecule has 0 fully saturated rings. The van der Waals surface area contributed by atoms with Gasteiger partial charge in [-0.15, -0.1) is 11.1 Å². The van der Waals surface area contributed by atoms with Crippen molar-refractivity contribution in [3.8, 4) is 0 Å². The fourth-order valence-electron chi connectivity index (χ4n) is 0. The Labute approximate surface area is 45.3 Å². The largest absolute Gasteiger partial charge is 0.401 e. The van der Waals surface area contributed by atoms with Crippen molar-refractivity contribution in [3.05, 3.63) is 0 Å². The van der Waals surface area contributed by atoms with Gasteiger partial charge in [-0.05, 0) is 0 Å². The lowest BCUT2D eigenvalue weighted by Crippen LogP contribution is -1.92. The molecule has 0 radical (unpaired) electrons. The van der Waals surface area contributed by atoms with Gasteiger partial charge < -0.3 is 4.43 Å². The normalized spacial score (nSPS) is 15.0. The smallest absolute Gasteiger partial charge is 0.346 e. The molecule has 0 aromatic rings. The monoisotopic (exact) mass is 174 g/mol. The van der Waals surface area contributed by atoms with Crippen LogP contribution in [-0.4, -0.2) is 14.1 Å². The van der Waals surface area contributed by atoms with E-state index in [1.807, 2.05) is 0 Å². The van der Waals surface area contributed by atoms with Gasteiger partial charge in [-0.1, -0.05) is 15.3 Å². The first-order valence-corrected chi connectivity index (χ1v) is 6.48. The van der Waals surface area contributed by atoms with Crippen molar-refractivity contribution in [2.45, 2.75) is 0 Å². The highest BCUT2D eigenvalue weighted by molar-refractivity contribution is 9.25. The van der Waals surface area contributed by atoms with Gasteiger partial charge in [-0.25, -0.2) is 0 Å². The minimum Gasteiger partial charge on any atom is -0.401 e. The Morgan fingerprint density at radius 2 is 2.20 bits per heavy atom. The highest BCUT2D eigenvalue weighted by Crippen LogP contribution is 1.96. The van der Waals surface area contributed by atoms with Crippen molar-refractivity contribution in [1.82, 2.24) is 0 Å². The zero-order valence-electron chi connectivity index (χ0n) is 2.74. The highest BCUT2D eigenvalue weighted by atomic mass is 79.9. The molecule has 0 aromatic heterocycles. The molecule has 0 N–H and O–H groups in total. The first kappa shape index (κ1) is 5.95. The molecule has 0 aliphatic heterocycles. The van der Waals surface area contributed by atoms with E-state index in [0.717, 1.165) is 0 Å². The van der Waals surface area contributed by atoms with Crippen molar-refractivity contribution < 1.29 is 4.43 Å². The van der Waals surface area contributed by atoms with E-state index >= 15 is 0 Å². The Morgan fingerprint density at radius 1 is 2.00 bits per heavy atom. The van der Waals surface area contributed by atoms with E-state index in [-0.39, 0.29) is 0 Å². The number of halogens is 2. The summed E-state index contributed by atoms with van der Waals surface area (Å²) < 4.78 is 4.57. The third-order valence-electron chi connectivity index (χ3n) is 0.178. The van der Waals surface area contributed by atoms with Crippen LogP contribution in [0.15, 0.2) is 0 Å². The molecule has 0 aromatic carbocycles. The molecule has 0 aliphatic rings. The standard InChI is InChI=1S/CH4BrClOSi/c1-4-5(2)3/h5H,1H3. The first-order chi connectivity index (χ1) is 2.27. The van der Waals surface area contributed by atoms with Crippen molar-refractivity contribution in [1.29, 1.82) is 0 Å². The molecule has 1 unspecified atom stereocenters. The zero-order chi connectivity index (χ0) is 4.28. The van der Waals surface area contributed by atoms with Gasteiger partial charge in [0, 0.05) is 7.11 Å². The topological polar surface area (TPSA) is 9.23 Å². The summed E-state index contributed by atoms with van der Waals surface area (Å²) in [6.45, 7) is -1.36. The first-order valence-electron chi connectivity index (χ1n) is 1.08. The lowest BCUT2D eigenvalue weighted by Gasteiger charge is -1.86. The third-order valence-corrected chi connectivity index (χ3v) is 2.19. The van der Waals surface area contributed by atoms with E-state index < -0.39 is 6.97 Å². The number of hydrogen-bond donors (Lipinski definition) is 0. The van der Waals surface area contributed by atoms with E-state index in [2.05, 4.69) is 19.7 Å². The number of rotatable bonds is 1. The molecule has 0 aliphatic carbocycles. The van der Waals surface area contributed by atoms with Gasteiger partial charge in [-0.3, -0.25) is 0 Å². The average Bonchev–Trinajstić information content (AvgIpc) is 1.38. The molecule has 0 saturated heterocycles. The Balaban J connectivity index is 2.54. The summed E-state index contributed by atoms with van der Waals surface area (Å²) in [5, 5.41) is 0. The summed E-state index contributed by atoms with van der Waals surface area (Å²) in [5.74, 6) is 0. The molecule has 0 spiro atoms. The molecule has 0 saturated carbocycles. The highest BCUT2D eigenvalue weighted by Gasteiger charge is 1.91. The maximum absolute atomic E-state index is 5.30. The quantitative estimate of drug-likeness (QED) is 0.427. The van der Waals surface area contributed by atoms with Crippen molar-refractivity contribution in [2.24, 2.45) is 0 Å². The summed E-state index contributed by atoms with van der Waals surface area (Å²) in [5.41, 5.74) is 0. The van der Waals surface area contributed by atoms with Crippen LogP contribution < -0.4 is 0 Å². The van der Waals surface area contributed by atoms with Crippen LogP contribution in [0.1, 0.15) is 0 Å². The fraction of sp³-hybridized carbons (Fsp3) is 1.00. The number of hydrogen-bond acceptors (Lipinski definition) is 1. The van der Waals surface area contributed by atoms with Crippen molar-refractivity contribution in [3.63, 3.8) is 0 Å². The van der Waals surface area contributed by atoms with E-state index in [4.69, 9.17) is 11.1 Å². The SMILES string of the molecule is CO[SiH](Cl)Br. The van der Waals surface area contributed by atoms with Crippen LogP contribution in [0.3, 0.4) is 0 Å². The molecule has 32 valence electrons. The van der Waals surface area contributed by atoms with Crippen LogP contribution in [0.25, 0.3) is 0 Å². The second-order valence-electron chi connectivity index (χ2n) is 0.496. The Hall–Kier alpha value is 0.947. The predicted octanol–water partition coefficient (Wildman–Crippen LogP) is 0.984. The van der Waals surface area contributed by atoms with Crippen LogP contribution in [0.5, 0.6) is 0 Å². The zero-order valence-corrected chi connectivity index (χ0v) is 6.24. The van der Waals surface area contributed by atoms with E-state index in [1.54, 1.807) is 7.11 Å². The molecule has 1 atom stereocenters. The minimum absolute atomic E-state index is 1.36. The lowest BCUT2D eigenvalue weighted by atomic mass is 11.8. The second kappa shape index (κ2) is 3.15. The Morgan fingerprint density at radius 3 is 2.20 bits per heavy atom. The van der Waals surface area contributed by atoms with Crippen LogP contribution in [0.2, 0.25) is 0 Å². The third kappa shape index (κ3) is 4.95. The summed E-state index contributed by atoms with van der Waals surface area (Å²) in [4.78, 5) is 0. The Bertz CT molecular complexity index is 25.6. The van der Waals surface area contributed by atoms with Crippen molar-refractivity contribution in [2.75, 3.05) is 7.11 Å². The molecule has 0 heterocycles. The molecule has 0 amide bonds. The molecule has 0 rings (SSSR count). The second-order valence-corrected chi connectivity index (χ2v) is 6.75. The van der Waals surface area contributed by atoms with Gasteiger partial charge in [0.15, 0.2) is 0 Å². The van der Waals surface area contributed by atoms with Gasteiger partial charge in [0.05, 0.1) is 0 Å². The fourth-order valence-corrected chi connectivity index (χ4v) is 0. The maximum Gasteiger partial charge on any atom is 0.346 e. The predicted molar refractivity (Wildman–Crippen MR) is 28.9 cm³/mol. The van der Waals surface area contributed by atoms with E-state index in [1.165, 1.54) is 0 Å². The Kier molecular flexibility index (Phi) is 3.75. The minimum atomic E-state index is -1.36. The molecular formula is CH4BrClOSi. The summed E-state index contributed by atoms with van der Waals surface area (Å²) in [6.07, 6.45) is 0. The summed E-state index contributed by atoms with van der Waals surface area (Å²) in [7, 11) is 1.58. The van der Waals surface area contributed by atoms with Gasteiger partial charge in [-0.2, -0.15) is 0 Å². The lowest BCUT2D eigenvalue weighted by molar-refractivity contribution is 0.451. The summed E-state index contributed by atoms with van der Waals surface area (Å²) >= 11 is 8.35. The molecular weight excluding hydrogens is 171 g/mol. The van der Waals surface area contributed by atoms with Gasteiger partial charge in [0.1, 0.15) is 0 Å². The van der Waals surface area contributed by atoms with Crippen LogP contribution in [0, 0.1) is 0 Å². The van der Waals surface area contributed by atoms with Crippen LogP contribution >= 0.6 is 26.4 Å². The summed E-state index contributed by atoms with van der Waals surface area (Å²) in [6, 6.07) is 0. The molecule has 5 heavy (non-hydrogen) atoms. The average molecular weight is 175 g/mol. The van der Waals surface area contributed by atoms with Crippen LogP contribution in [-0.2, 0) is 4.43 Å². The molecule has 0 bridgehead atoms. The van der Waals surface area contributed by atoms with E-state index in [0.29, 0.717) is 0 Å². The molecule has 1 nitrogen and oxygen atoms in total.